The molecule has 1 aliphatic carbocycles. The number of benzene rings is 2. The van der Waals surface area contributed by atoms with Crippen molar-refractivity contribution in [2.75, 3.05) is 0 Å². The van der Waals surface area contributed by atoms with Gasteiger partial charge in [-0.1, -0.05) is 25.0 Å². The van der Waals surface area contributed by atoms with Gasteiger partial charge in [0.25, 0.3) is 0 Å². The summed E-state index contributed by atoms with van der Waals surface area (Å²) in [6.07, 6.45) is -0.695. The molecule has 2 aromatic carbocycles. The van der Waals surface area contributed by atoms with E-state index in [2.05, 4.69) is 4.98 Å². The molecule has 32 heavy (non-hydrogen) atoms. The normalized spacial score (nSPS) is 15.9. The molecular formula is C24H25F3N2O3. The van der Waals surface area contributed by atoms with Crippen molar-refractivity contribution in [2.45, 2.75) is 56.8 Å². The van der Waals surface area contributed by atoms with Crippen molar-refractivity contribution in [1.29, 1.82) is 0 Å². The number of carbonyl (C=O) groups is 1. The highest BCUT2D eigenvalue weighted by Gasteiger charge is 2.36. The van der Waals surface area contributed by atoms with E-state index in [0.717, 1.165) is 36.6 Å². The SMILES string of the molecule is NC(Cc1cc2cc(OCc3ccc(C4CCCC4)c(C(F)(F)F)c3)ccc2[nH]1)C(=O)O. The number of rotatable bonds is 7. The number of carboxylic acid groups (broad SMARTS) is 1. The molecule has 0 amide bonds. The van der Waals surface area contributed by atoms with E-state index in [0.29, 0.717) is 22.6 Å². The summed E-state index contributed by atoms with van der Waals surface area (Å²) in [5, 5.41) is 9.77. The fourth-order valence-electron chi connectivity index (χ4n) is 4.39. The molecule has 170 valence electrons. The van der Waals surface area contributed by atoms with Crippen molar-refractivity contribution < 1.29 is 27.8 Å². The van der Waals surface area contributed by atoms with Gasteiger partial charge in [0.1, 0.15) is 18.4 Å². The number of hydrogen-bond donors (Lipinski definition) is 3. The maximum Gasteiger partial charge on any atom is 0.416 e. The van der Waals surface area contributed by atoms with E-state index >= 15 is 0 Å². The van der Waals surface area contributed by atoms with Crippen LogP contribution < -0.4 is 10.5 Å². The number of aromatic nitrogens is 1. The Morgan fingerprint density at radius 1 is 1.16 bits per heavy atom. The van der Waals surface area contributed by atoms with Crippen molar-refractivity contribution in [3.05, 3.63) is 64.8 Å². The largest absolute Gasteiger partial charge is 0.489 e. The van der Waals surface area contributed by atoms with E-state index in [1.807, 2.05) is 0 Å². The molecule has 1 aromatic heterocycles. The fourth-order valence-corrected chi connectivity index (χ4v) is 4.39. The molecule has 1 heterocycles. The van der Waals surface area contributed by atoms with Crippen LogP contribution in [0.3, 0.4) is 0 Å². The summed E-state index contributed by atoms with van der Waals surface area (Å²) in [5.74, 6) is -0.593. The van der Waals surface area contributed by atoms with Crippen molar-refractivity contribution in [3.63, 3.8) is 0 Å². The van der Waals surface area contributed by atoms with Gasteiger partial charge in [0.2, 0.25) is 0 Å². The first-order chi connectivity index (χ1) is 15.2. The molecule has 4 rings (SSSR count). The number of alkyl halides is 3. The third-order valence-corrected chi connectivity index (χ3v) is 6.03. The molecule has 1 fully saturated rings. The van der Waals surface area contributed by atoms with E-state index in [1.54, 1.807) is 36.4 Å². The minimum atomic E-state index is -4.40. The van der Waals surface area contributed by atoms with Crippen LogP contribution in [0.2, 0.25) is 0 Å². The number of carboxylic acids is 1. The number of nitrogens with one attached hydrogen (secondary N) is 1. The number of ether oxygens (including phenoxy) is 1. The van der Waals surface area contributed by atoms with Gasteiger partial charge in [-0.25, -0.2) is 0 Å². The molecule has 3 aromatic rings. The lowest BCUT2D eigenvalue weighted by Crippen LogP contribution is -2.32. The standard InChI is InChI=1S/C24H25F3N2O3/c25-24(26,27)20-9-14(5-7-19(20)15-3-1-2-4-15)13-32-18-6-8-22-16(11-18)10-17(29-22)12-21(28)23(30)31/h5-11,15,21,29H,1-4,12-13,28H2,(H,30,31). The van der Waals surface area contributed by atoms with Gasteiger partial charge < -0.3 is 20.6 Å². The average Bonchev–Trinajstić information content (AvgIpc) is 3.40. The quantitative estimate of drug-likeness (QED) is 0.455. The van der Waals surface area contributed by atoms with Gasteiger partial charge in [0.05, 0.1) is 5.56 Å². The Bertz CT molecular complexity index is 1120. The lowest BCUT2D eigenvalue weighted by atomic mass is 9.91. The molecular weight excluding hydrogens is 421 g/mol. The maximum atomic E-state index is 13.7. The second-order valence-electron chi connectivity index (χ2n) is 8.38. The molecule has 0 spiro atoms. The minimum Gasteiger partial charge on any atom is -0.489 e. The van der Waals surface area contributed by atoms with E-state index in [4.69, 9.17) is 15.6 Å². The van der Waals surface area contributed by atoms with Gasteiger partial charge in [0.15, 0.2) is 0 Å². The summed E-state index contributed by atoms with van der Waals surface area (Å²) in [6, 6.07) is 10.6. The Labute approximate surface area is 183 Å². The summed E-state index contributed by atoms with van der Waals surface area (Å²) in [5.41, 5.74) is 7.35. The topological polar surface area (TPSA) is 88.3 Å². The van der Waals surface area contributed by atoms with Crippen LogP contribution in [0, 0.1) is 0 Å². The summed E-state index contributed by atoms with van der Waals surface area (Å²) >= 11 is 0. The zero-order valence-corrected chi connectivity index (χ0v) is 17.4. The Hall–Kier alpha value is -3.00. The molecule has 8 heteroatoms. The Morgan fingerprint density at radius 3 is 2.59 bits per heavy atom. The van der Waals surface area contributed by atoms with E-state index in [9.17, 15) is 18.0 Å². The minimum absolute atomic E-state index is 0.0146. The van der Waals surface area contributed by atoms with E-state index in [1.165, 1.54) is 6.07 Å². The Kier molecular flexibility index (Phi) is 6.15. The highest BCUT2D eigenvalue weighted by atomic mass is 19.4. The van der Waals surface area contributed by atoms with Gasteiger partial charge in [-0.2, -0.15) is 13.2 Å². The smallest absolute Gasteiger partial charge is 0.416 e. The van der Waals surface area contributed by atoms with Crippen LogP contribution >= 0.6 is 0 Å². The zero-order chi connectivity index (χ0) is 22.9. The number of aliphatic carboxylic acids is 1. The van der Waals surface area contributed by atoms with E-state index in [-0.39, 0.29) is 18.9 Å². The summed E-state index contributed by atoms with van der Waals surface area (Å²) in [4.78, 5) is 14.1. The van der Waals surface area contributed by atoms with E-state index < -0.39 is 23.8 Å². The summed E-state index contributed by atoms with van der Waals surface area (Å²) < 4.78 is 46.8. The van der Waals surface area contributed by atoms with Crippen molar-refractivity contribution in [1.82, 2.24) is 4.98 Å². The third-order valence-electron chi connectivity index (χ3n) is 6.03. The van der Waals surface area contributed by atoms with Crippen LogP contribution in [0.25, 0.3) is 10.9 Å². The van der Waals surface area contributed by atoms with Crippen molar-refractivity contribution >= 4 is 16.9 Å². The van der Waals surface area contributed by atoms with Crippen LogP contribution in [-0.2, 0) is 24.0 Å². The van der Waals surface area contributed by atoms with Crippen LogP contribution in [0.5, 0.6) is 5.75 Å². The number of nitrogens with two attached hydrogens (primary N) is 1. The summed E-state index contributed by atoms with van der Waals surface area (Å²) in [7, 11) is 0. The Balaban J connectivity index is 1.49. The average molecular weight is 446 g/mol. The van der Waals surface area contributed by atoms with Crippen molar-refractivity contribution in [2.24, 2.45) is 5.73 Å². The molecule has 1 aliphatic rings. The first-order valence-electron chi connectivity index (χ1n) is 10.6. The van der Waals surface area contributed by atoms with Crippen molar-refractivity contribution in [3.8, 4) is 5.75 Å². The monoisotopic (exact) mass is 446 g/mol. The number of halogens is 3. The maximum absolute atomic E-state index is 13.7. The van der Waals surface area contributed by atoms with Crippen LogP contribution in [0.4, 0.5) is 13.2 Å². The second kappa shape index (κ2) is 8.86. The molecule has 1 saturated carbocycles. The van der Waals surface area contributed by atoms with Gasteiger partial charge in [-0.3, -0.25) is 4.79 Å². The Morgan fingerprint density at radius 2 is 1.91 bits per heavy atom. The van der Waals surface area contributed by atoms with Gasteiger partial charge in [-0.05, 0) is 60.2 Å². The van der Waals surface area contributed by atoms with Gasteiger partial charge >= 0.3 is 12.1 Å². The third kappa shape index (κ3) is 4.91. The molecule has 0 saturated heterocycles. The highest BCUT2D eigenvalue weighted by molar-refractivity contribution is 5.82. The number of aromatic amines is 1. The lowest BCUT2D eigenvalue weighted by Gasteiger charge is -2.19. The lowest BCUT2D eigenvalue weighted by molar-refractivity contribution is -0.139. The molecule has 0 radical (unpaired) electrons. The summed E-state index contributed by atoms with van der Waals surface area (Å²) in [6.45, 7) is 0.0146. The predicted octanol–water partition coefficient (Wildman–Crippen LogP) is 5.38. The van der Waals surface area contributed by atoms with Gasteiger partial charge in [0, 0.05) is 23.0 Å². The molecule has 1 atom stereocenters. The molecule has 4 N–H and O–H groups in total. The van der Waals surface area contributed by atoms with Crippen LogP contribution in [0.15, 0.2) is 42.5 Å². The first kappa shape index (κ1) is 22.2. The number of H-pyrrole nitrogens is 1. The first-order valence-corrected chi connectivity index (χ1v) is 10.6. The molecule has 0 bridgehead atoms. The number of fused-ring (bicyclic) bond motifs is 1. The fraction of sp³-hybridized carbons (Fsp3) is 0.375. The molecule has 0 aliphatic heterocycles. The molecule has 1 unspecified atom stereocenters. The van der Waals surface area contributed by atoms with Crippen LogP contribution in [0.1, 0.15) is 54.0 Å². The zero-order valence-electron chi connectivity index (χ0n) is 17.4. The predicted molar refractivity (Wildman–Crippen MR) is 115 cm³/mol. The van der Waals surface area contributed by atoms with Crippen LogP contribution in [-0.4, -0.2) is 22.1 Å². The highest BCUT2D eigenvalue weighted by Crippen LogP contribution is 2.42. The second-order valence-corrected chi connectivity index (χ2v) is 8.38. The number of hydrogen-bond acceptors (Lipinski definition) is 3. The molecule has 5 nitrogen and oxygen atoms in total. The van der Waals surface area contributed by atoms with Gasteiger partial charge in [-0.15, -0.1) is 0 Å².